The van der Waals surface area contributed by atoms with Crippen molar-refractivity contribution in [1.82, 2.24) is 0 Å². The summed E-state index contributed by atoms with van der Waals surface area (Å²) in [5.41, 5.74) is 4.26. The van der Waals surface area contributed by atoms with Gasteiger partial charge in [-0.1, -0.05) is 36.0 Å². The summed E-state index contributed by atoms with van der Waals surface area (Å²) in [6, 6.07) is 21.5. The van der Waals surface area contributed by atoms with Gasteiger partial charge in [0, 0.05) is 28.3 Å². The minimum atomic E-state index is -3.15. The first-order valence-electron chi connectivity index (χ1n) is 8.20. The Labute approximate surface area is 157 Å². The molecular formula is C20H18N2O2S2. The van der Waals surface area contributed by atoms with Gasteiger partial charge in [0.2, 0.25) is 0 Å². The van der Waals surface area contributed by atoms with Gasteiger partial charge >= 0.3 is 0 Å². The van der Waals surface area contributed by atoms with E-state index in [2.05, 4.69) is 41.0 Å². The van der Waals surface area contributed by atoms with E-state index in [1.165, 1.54) is 16.0 Å². The summed E-state index contributed by atoms with van der Waals surface area (Å²) in [5.74, 6) is 0. The highest BCUT2D eigenvalue weighted by Crippen LogP contribution is 2.44. The zero-order valence-electron chi connectivity index (χ0n) is 14.2. The van der Waals surface area contributed by atoms with Crippen LogP contribution in [-0.4, -0.2) is 14.7 Å². The topological polar surface area (TPSA) is 58.2 Å². The minimum absolute atomic E-state index is 0.343. The molecule has 0 atom stereocenters. The first-order valence-corrected chi connectivity index (χ1v) is 10.9. The number of hydrogen-bond acceptors (Lipinski definition) is 5. The molecule has 4 nitrogen and oxygen atoms in total. The largest absolute Gasteiger partial charge is 0.381 e. The van der Waals surface area contributed by atoms with Gasteiger partial charge < -0.3 is 10.6 Å². The fourth-order valence-electron chi connectivity index (χ4n) is 2.81. The van der Waals surface area contributed by atoms with Gasteiger partial charge in [-0.2, -0.15) is 0 Å². The van der Waals surface area contributed by atoms with Crippen molar-refractivity contribution in [3.05, 3.63) is 72.3 Å². The SMILES string of the molecule is CS(=O)(=O)c1ccc(CNc2ccc3c(c2)Nc2ccccc2S3)cc1. The number of sulfone groups is 1. The zero-order chi connectivity index (χ0) is 18.1. The third-order valence-corrected chi connectivity index (χ3v) is 6.48. The van der Waals surface area contributed by atoms with Crippen molar-refractivity contribution in [3.8, 4) is 0 Å². The number of benzene rings is 3. The van der Waals surface area contributed by atoms with Crippen molar-refractivity contribution in [2.75, 3.05) is 16.9 Å². The quantitative estimate of drug-likeness (QED) is 0.525. The van der Waals surface area contributed by atoms with Gasteiger partial charge in [0.05, 0.1) is 16.3 Å². The first-order chi connectivity index (χ1) is 12.5. The fraction of sp³-hybridized carbons (Fsp3) is 0.100. The molecule has 0 saturated heterocycles. The molecule has 0 fully saturated rings. The molecule has 1 aliphatic heterocycles. The van der Waals surface area contributed by atoms with E-state index in [4.69, 9.17) is 0 Å². The fourth-order valence-corrected chi connectivity index (χ4v) is 4.41. The predicted molar refractivity (Wildman–Crippen MR) is 107 cm³/mol. The minimum Gasteiger partial charge on any atom is -0.381 e. The van der Waals surface area contributed by atoms with Crippen LogP contribution in [0.3, 0.4) is 0 Å². The van der Waals surface area contributed by atoms with Crippen LogP contribution in [0.5, 0.6) is 0 Å². The molecule has 26 heavy (non-hydrogen) atoms. The molecule has 0 radical (unpaired) electrons. The molecule has 0 saturated carbocycles. The Balaban J connectivity index is 1.47. The Morgan fingerprint density at radius 1 is 0.923 bits per heavy atom. The summed E-state index contributed by atoms with van der Waals surface area (Å²) in [6.07, 6.45) is 1.22. The Kier molecular flexibility index (Phi) is 4.38. The molecular weight excluding hydrogens is 364 g/mol. The lowest BCUT2D eigenvalue weighted by Crippen LogP contribution is -2.03. The van der Waals surface area contributed by atoms with Crippen LogP contribution in [0.4, 0.5) is 17.1 Å². The highest BCUT2D eigenvalue weighted by Gasteiger charge is 2.15. The molecule has 0 spiro atoms. The second-order valence-corrected chi connectivity index (χ2v) is 9.30. The van der Waals surface area contributed by atoms with Crippen molar-refractivity contribution in [3.63, 3.8) is 0 Å². The molecule has 0 unspecified atom stereocenters. The van der Waals surface area contributed by atoms with E-state index in [1.54, 1.807) is 23.9 Å². The number of para-hydroxylation sites is 1. The molecule has 132 valence electrons. The summed E-state index contributed by atoms with van der Waals surface area (Å²) < 4.78 is 23.0. The molecule has 4 rings (SSSR count). The van der Waals surface area contributed by atoms with Gasteiger partial charge in [0.25, 0.3) is 0 Å². The number of fused-ring (bicyclic) bond motifs is 2. The summed E-state index contributed by atoms with van der Waals surface area (Å²) >= 11 is 1.76. The summed E-state index contributed by atoms with van der Waals surface area (Å²) in [4.78, 5) is 2.77. The van der Waals surface area contributed by atoms with Crippen LogP contribution in [0.15, 0.2) is 81.4 Å². The molecule has 0 aliphatic carbocycles. The second kappa shape index (κ2) is 6.70. The second-order valence-electron chi connectivity index (χ2n) is 6.20. The Hall–Kier alpha value is -2.44. The molecule has 1 heterocycles. The lowest BCUT2D eigenvalue weighted by atomic mass is 10.2. The van der Waals surface area contributed by atoms with Gasteiger partial charge in [0.15, 0.2) is 9.84 Å². The van der Waals surface area contributed by atoms with Crippen molar-refractivity contribution in [2.45, 2.75) is 21.2 Å². The number of anilines is 3. The molecule has 0 bridgehead atoms. The molecule has 6 heteroatoms. The van der Waals surface area contributed by atoms with E-state index in [9.17, 15) is 8.42 Å². The standard InChI is InChI=1S/C20H18N2O2S2/c1-26(23,24)16-9-6-14(7-10-16)13-21-15-8-11-20-18(12-15)22-17-4-2-3-5-19(17)25-20/h2-12,21-22H,13H2,1H3. The van der Waals surface area contributed by atoms with Crippen LogP contribution in [0.25, 0.3) is 0 Å². The molecule has 2 N–H and O–H groups in total. The molecule has 3 aromatic rings. The average Bonchev–Trinajstić information content (AvgIpc) is 2.64. The average molecular weight is 383 g/mol. The third-order valence-electron chi connectivity index (χ3n) is 4.20. The van der Waals surface area contributed by atoms with Crippen molar-refractivity contribution < 1.29 is 8.42 Å². The number of hydrogen-bond donors (Lipinski definition) is 2. The maximum absolute atomic E-state index is 11.5. The van der Waals surface area contributed by atoms with Gasteiger partial charge in [0.1, 0.15) is 0 Å². The van der Waals surface area contributed by atoms with E-state index in [0.717, 1.165) is 22.6 Å². The zero-order valence-corrected chi connectivity index (χ0v) is 15.8. The van der Waals surface area contributed by atoms with Gasteiger partial charge in [-0.15, -0.1) is 0 Å². The smallest absolute Gasteiger partial charge is 0.175 e. The van der Waals surface area contributed by atoms with Crippen LogP contribution in [0.1, 0.15) is 5.56 Å². The van der Waals surface area contributed by atoms with E-state index in [-0.39, 0.29) is 0 Å². The lowest BCUT2D eigenvalue weighted by Gasteiger charge is -2.21. The molecule has 0 amide bonds. The van der Waals surface area contributed by atoms with Crippen LogP contribution < -0.4 is 10.6 Å². The maximum atomic E-state index is 11.5. The molecule has 0 aromatic heterocycles. The summed E-state index contributed by atoms with van der Waals surface area (Å²) in [6.45, 7) is 0.632. The van der Waals surface area contributed by atoms with Crippen LogP contribution in [0.2, 0.25) is 0 Å². The van der Waals surface area contributed by atoms with Gasteiger partial charge in [-0.05, 0) is 48.0 Å². The van der Waals surface area contributed by atoms with Crippen molar-refractivity contribution in [1.29, 1.82) is 0 Å². The van der Waals surface area contributed by atoms with Crippen molar-refractivity contribution >= 4 is 38.7 Å². The first kappa shape index (κ1) is 17.0. The Morgan fingerprint density at radius 2 is 1.65 bits per heavy atom. The van der Waals surface area contributed by atoms with Crippen LogP contribution in [0, 0.1) is 0 Å². The van der Waals surface area contributed by atoms with Crippen LogP contribution >= 0.6 is 11.8 Å². The number of rotatable bonds is 4. The van der Waals surface area contributed by atoms with E-state index >= 15 is 0 Å². The van der Waals surface area contributed by atoms with Gasteiger partial charge in [-0.25, -0.2) is 8.42 Å². The Morgan fingerprint density at radius 3 is 2.42 bits per heavy atom. The number of nitrogens with one attached hydrogen (secondary N) is 2. The monoisotopic (exact) mass is 382 g/mol. The highest BCUT2D eigenvalue weighted by molar-refractivity contribution is 7.99. The van der Waals surface area contributed by atoms with Crippen molar-refractivity contribution in [2.24, 2.45) is 0 Å². The third kappa shape index (κ3) is 3.57. The molecule has 1 aliphatic rings. The Bertz CT molecular complexity index is 1060. The summed E-state index contributed by atoms with van der Waals surface area (Å²) in [7, 11) is -3.15. The van der Waals surface area contributed by atoms with E-state index in [1.807, 2.05) is 24.3 Å². The van der Waals surface area contributed by atoms with E-state index < -0.39 is 9.84 Å². The summed E-state index contributed by atoms with van der Waals surface area (Å²) in [5, 5.41) is 6.87. The maximum Gasteiger partial charge on any atom is 0.175 e. The highest BCUT2D eigenvalue weighted by atomic mass is 32.2. The van der Waals surface area contributed by atoms with Gasteiger partial charge in [-0.3, -0.25) is 0 Å². The molecule has 3 aromatic carbocycles. The predicted octanol–water partition coefficient (Wildman–Crippen LogP) is 4.91. The lowest BCUT2D eigenvalue weighted by molar-refractivity contribution is 0.602. The normalized spacial score (nSPS) is 12.7. The van der Waals surface area contributed by atoms with Crippen LogP contribution in [-0.2, 0) is 16.4 Å². The van der Waals surface area contributed by atoms with E-state index in [0.29, 0.717) is 11.4 Å².